The Morgan fingerprint density at radius 1 is 1.33 bits per heavy atom. The highest BCUT2D eigenvalue weighted by Crippen LogP contribution is 2.37. The van der Waals surface area contributed by atoms with E-state index in [1.54, 1.807) is 17.5 Å². The number of nitrogens with one attached hydrogen (secondary N) is 1. The lowest BCUT2D eigenvalue weighted by Crippen LogP contribution is -2.32. The number of amides is 1. The molecule has 3 nitrogen and oxygen atoms in total. The van der Waals surface area contributed by atoms with Gasteiger partial charge in [0, 0.05) is 16.8 Å². The van der Waals surface area contributed by atoms with Crippen LogP contribution in [0.1, 0.15) is 52.7 Å². The Hall–Kier alpha value is -1.68. The molecule has 1 amide bonds. The first kappa shape index (κ1) is 14.3. The van der Waals surface area contributed by atoms with Gasteiger partial charge in [0.25, 0.3) is 5.91 Å². The SMILES string of the molecule is Cc1ccc(C(=O)N[C@@H](c2cccs2)C2CCCC2)cn1. The summed E-state index contributed by atoms with van der Waals surface area (Å²) in [5, 5.41) is 5.31. The van der Waals surface area contributed by atoms with E-state index in [0.29, 0.717) is 11.5 Å². The normalized spacial score (nSPS) is 16.8. The second-order valence-corrected chi connectivity index (χ2v) is 6.68. The molecule has 1 saturated carbocycles. The van der Waals surface area contributed by atoms with Gasteiger partial charge in [0.15, 0.2) is 0 Å². The summed E-state index contributed by atoms with van der Waals surface area (Å²) in [5.41, 5.74) is 1.57. The highest BCUT2D eigenvalue weighted by atomic mass is 32.1. The lowest BCUT2D eigenvalue weighted by atomic mass is 9.96. The van der Waals surface area contributed by atoms with Gasteiger partial charge in [-0.1, -0.05) is 18.9 Å². The smallest absolute Gasteiger partial charge is 0.253 e. The Balaban J connectivity index is 1.77. The van der Waals surface area contributed by atoms with Crippen molar-refractivity contribution in [2.24, 2.45) is 5.92 Å². The fourth-order valence-corrected chi connectivity index (χ4v) is 3.88. The van der Waals surface area contributed by atoms with Crippen LogP contribution in [0, 0.1) is 12.8 Å². The zero-order valence-electron chi connectivity index (χ0n) is 12.2. The number of hydrogen-bond acceptors (Lipinski definition) is 3. The van der Waals surface area contributed by atoms with E-state index in [4.69, 9.17) is 0 Å². The topological polar surface area (TPSA) is 42.0 Å². The molecule has 0 bridgehead atoms. The van der Waals surface area contributed by atoms with Crippen LogP contribution < -0.4 is 5.32 Å². The minimum absolute atomic E-state index is 0.0206. The molecule has 0 saturated heterocycles. The summed E-state index contributed by atoms with van der Waals surface area (Å²) in [6.45, 7) is 1.93. The molecule has 1 N–H and O–H groups in total. The van der Waals surface area contributed by atoms with Crippen LogP contribution >= 0.6 is 11.3 Å². The molecule has 0 aliphatic heterocycles. The molecular weight excluding hydrogens is 280 g/mol. The Labute approximate surface area is 129 Å². The number of hydrogen-bond donors (Lipinski definition) is 1. The van der Waals surface area contributed by atoms with Gasteiger partial charge in [-0.3, -0.25) is 9.78 Å². The molecule has 2 heterocycles. The van der Waals surface area contributed by atoms with Crippen molar-refractivity contribution >= 4 is 17.2 Å². The summed E-state index contributed by atoms with van der Waals surface area (Å²) >= 11 is 1.73. The van der Waals surface area contributed by atoms with Gasteiger partial charge in [0.05, 0.1) is 11.6 Å². The van der Waals surface area contributed by atoms with Gasteiger partial charge in [-0.2, -0.15) is 0 Å². The number of aryl methyl sites for hydroxylation is 1. The minimum atomic E-state index is -0.0206. The highest BCUT2D eigenvalue weighted by Gasteiger charge is 2.28. The van der Waals surface area contributed by atoms with E-state index < -0.39 is 0 Å². The lowest BCUT2D eigenvalue weighted by molar-refractivity contribution is 0.0922. The van der Waals surface area contributed by atoms with Crippen molar-refractivity contribution in [1.29, 1.82) is 0 Å². The first-order chi connectivity index (χ1) is 10.2. The molecule has 1 aliphatic carbocycles. The van der Waals surface area contributed by atoms with Gasteiger partial charge < -0.3 is 5.32 Å². The van der Waals surface area contributed by atoms with Crippen LogP contribution in [-0.4, -0.2) is 10.9 Å². The second kappa shape index (κ2) is 6.39. The van der Waals surface area contributed by atoms with Crippen molar-refractivity contribution in [3.8, 4) is 0 Å². The largest absolute Gasteiger partial charge is 0.344 e. The van der Waals surface area contributed by atoms with Crippen LogP contribution in [0.15, 0.2) is 35.8 Å². The third-order valence-electron chi connectivity index (χ3n) is 4.18. The first-order valence-corrected chi connectivity index (χ1v) is 8.39. The molecule has 4 heteroatoms. The molecule has 1 aliphatic rings. The lowest BCUT2D eigenvalue weighted by Gasteiger charge is -2.23. The number of carbonyl (C=O) groups excluding carboxylic acids is 1. The summed E-state index contributed by atoms with van der Waals surface area (Å²) in [5.74, 6) is 0.541. The zero-order valence-corrected chi connectivity index (χ0v) is 13.0. The van der Waals surface area contributed by atoms with Crippen molar-refractivity contribution < 1.29 is 4.79 Å². The third-order valence-corrected chi connectivity index (χ3v) is 5.14. The molecule has 2 aromatic heterocycles. The molecule has 21 heavy (non-hydrogen) atoms. The van der Waals surface area contributed by atoms with Gasteiger partial charge in [-0.25, -0.2) is 0 Å². The number of nitrogens with zero attached hydrogens (tertiary/aromatic N) is 1. The van der Waals surface area contributed by atoms with Crippen LogP contribution in [0.25, 0.3) is 0 Å². The maximum atomic E-state index is 12.5. The molecule has 1 fully saturated rings. The molecule has 0 spiro atoms. The number of aromatic nitrogens is 1. The fourth-order valence-electron chi connectivity index (χ4n) is 3.01. The van der Waals surface area contributed by atoms with E-state index in [-0.39, 0.29) is 11.9 Å². The van der Waals surface area contributed by atoms with E-state index in [9.17, 15) is 4.79 Å². The molecule has 0 unspecified atom stereocenters. The molecular formula is C17H20N2OS. The average molecular weight is 300 g/mol. The summed E-state index contributed by atoms with van der Waals surface area (Å²) < 4.78 is 0. The quantitative estimate of drug-likeness (QED) is 0.923. The van der Waals surface area contributed by atoms with Crippen LogP contribution in [0.3, 0.4) is 0 Å². The summed E-state index contributed by atoms with van der Waals surface area (Å²) in [7, 11) is 0. The molecule has 1 atom stereocenters. The maximum absolute atomic E-state index is 12.5. The van der Waals surface area contributed by atoms with E-state index >= 15 is 0 Å². The number of thiophene rings is 1. The maximum Gasteiger partial charge on any atom is 0.253 e. The molecule has 2 aromatic rings. The minimum Gasteiger partial charge on any atom is -0.344 e. The Morgan fingerprint density at radius 3 is 2.76 bits per heavy atom. The number of rotatable bonds is 4. The van der Waals surface area contributed by atoms with Gasteiger partial charge in [0.1, 0.15) is 0 Å². The van der Waals surface area contributed by atoms with Crippen molar-refractivity contribution in [3.05, 3.63) is 52.0 Å². The van der Waals surface area contributed by atoms with Crippen LogP contribution in [0.2, 0.25) is 0 Å². The van der Waals surface area contributed by atoms with E-state index in [1.807, 2.05) is 19.1 Å². The van der Waals surface area contributed by atoms with Gasteiger partial charge >= 0.3 is 0 Å². The van der Waals surface area contributed by atoms with Crippen molar-refractivity contribution in [2.45, 2.75) is 38.6 Å². The predicted octanol–water partition coefficient (Wildman–Crippen LogP) is 4.11. The second-order valence-electron chi connectivity index (χ2n) is 5.70. The standard InChI is InChI=1S/C17H20N2OS/c1-12-8-9-14(11-18-12)17(20)19-16(13-5-2-3-6-13)15-7-4-10-21-15/h4,7-11,13,16H,2-3,5-6H2,1H3,(H,19,20)/t16-/m1/s1. The van der Waals surface area contributed by atoms with Crippen molar-refractivity contribution in [3.63, 3.8) is 0 Å². The fraction of sp³-hybridized carbons (Fsp3) is 0.412. The average Bonchev–Trinajstić information content (AvgIpc) is 3.19. The summed E-state index contributed by atoms with van der Waals surface area (Å²) in [6.07, 6.45) is 6.61. The molecule has 0 aromatic carbocycles. The van der Waals surface area contributed by atoms with Gasteiger partial charge in [0.2, 0.25) is 0 Å². The van der Waals surface area contributed by atoms with Crippen LogP contribution in [0.5, 0.6) is 0 Å². The van der Waals surface area contributed by atoms with Crippen LogP contribution in [0.4, 0.5) is 0 Å². The third kappa shape index (κ3) is 3.32. The van der Waals surface area contributed by atoms with Crippen molar-refractivity contribution in [1.82, 2.24) is 10.3 Å². The van der Waals surface area contributed by atoms with Gasteiger partial charge in [-0.15, -0.1) is 11.3 Å². The zero-order chi connectivity index (χ0) is 14.7. The Kier molecular flexibility index (Phi) is 4.34. The Bertz CT molecular complexity index is 586. The van der Waals surface area contributed by atoms with E-state index in [0.717, 1.165) is 5.69 Å². The predicted molar refractivity (Wildman–Crippen MR) is 85.5 cm³/mol. The van der Waals surface area contributed by atoms with Gasteiger partial charge in [-0.05, 0) is 49.3 Å². The molecule has 3 rings (SSSR count). The van der Waals surface area contributed by atoms with Crippen LogP contribution in [-0.2, 0) is 0 Å². The van der Waals surface area contributed by atoms with E-state index in [2.05, 4.69) is 27.8 Å². The van der Waals surface area contributed by atoms with E-state index in [1.165, 1.54) is 30.6 Å². The first-order valence-electron chi connectivity index (χ1n) is 7.51. The highest BCUT2D eigenvalue weighted by molar-refractivity contribution is 7.10. The summed E-state index contributed by atoms with van der Waals surface area (Å²) in [6, 6.07) is 8.05. The van der Waals surface area contributed by atoms with Crippen molar-refractivity contribution in [2.75, 3.05) is 0 Å². The Morgan fingerprint density at radius 2 is 2.14 bits per heavy atom. The monoisotopic (exact) mass is 300 g/mol. The molecule has 0 radical (unpaired) electrons. The summed E-state index contributed by atoms with van der Waals surface area (Å²) in [4.78, 5) is 17.9. The molecule has 110 valence electrons. The number of carbonyl (C=O) groups is 1. The number of pyridine rings is 1.